The van der Waals surface area contributed by atoms with Crippen molar-refractivity contribution < 1.29 is 9.05 Å². The summed E-state index contributed by atoms with van der Waals surface area (Å²) in [5.41, 5.74) is 0. The predicted molar refractivity (Wildman–Crippen MR) is 131 cm³/mol. The zero-order chi connectivity index (χ0) is 20.0. The summed E-state index contributed by atoms with van der Waals surface area (Å²) in [5.74, 6) is 0. The maximum Gasteiger partial charge on any atom is 0.0836 e. The van der Waals surface area contributed by atoms with Crippen molar-refractivity contribution in [2.45, 2.75) is 64.6 Å². The van der Waals surface area contributed by atoms with E-state index in [2.05, 4.69) is 80.9 Å². The number of hydrogen-bond acceptors (Lipinski definition) is 2. The van der Waals surface area contributed by atoms with Gasteiger partial charge in [0.25, 0.3) is 0 Å². The van der Waals surface area contributed by atoms with E-state index in [0.717, 1.165) is 32.1 Å². The van der Waals surface area contributed by atoms with Gasteiger partial charge in [0.1, 0.15) is 0 Å². The molecule has 0 saturated heterocycles. The minimum atomic E-state index is 0.0769. The summed E-state index contributed by atoms with van der Waals surface area (Å²) in [6, 6.07) is 0. The molecule has 0 radical (unpaired) electrons. The van der Waals surface area contributed by atoms with Crippen molar-refractivity contribution in [1.29, 1.82) is 0 Å². The largest absolute Gasteiger partial charge is 0.358 e. The molecule has 0 saturated carbocycles. The third-order valence-electron chi connectivity index (χ3n) is 3.58. The van der Waals surface area contributed by atoms with Crippen molar-refractivity contribution in [2.75, 3.05) is 0 Å². The van der Waals surface area contributed by atoms with Crippen LogP contribution in [0.4, 0.5) is 0 Å². The Balaban J connectivity index is 4.24. The lowest BCUT2D eigenvalue weighted by Crippen LogP contribution is -2.01. The smallest absolute Gasteiger partial charge is 0.0836 e. The molecule has 0 amide bonds. The zero-order valence-corrected chi connectivity index (χ0v) is 20.1. The van der Waals surface area contributed by atoms with Gasteiger partial charge < -0.3 is 9.05 Å². The summed E-state index contributed by atoms with van der Waals surface area (Å²) in [7, 11) is 5.41. The molecule has 0 aliphatic rings. The summed E-state index contributed by atoms with van der Waals surface area (Å²) in [4.78, 5) is 0. The first-order valence-corrected chi connectivity index (χ1v) is 12.9. The van der Waals surface area contributed by atoms with E-state index in [9.17, 15) is 0 Å². The lowest BCUT2D eigenvalue weighted by Gasteiger charge is -2.09. The average Bonchev–Trinajstić information content (AvgIpc) is 2.68. The van der Waals surface area contributed by atoms with E-state index in [4.69, 9.17) is 9.05 Å². The summed E-state index contributed by atoms with van der Waals surface area (Å²) in [6.45, 7) is 4.33. The van der Waals surface area contributed by atoms with Crippen LogP contribution in [0.1, 0.15) is 52.4 Å². The Morgan fingerprint density at radius 3 is 2.07 bits per heavy atom. The van der Waals surface area contributed by atoms with Crippen molar-refractivity contribution in [3.05, 3.63) is 72.9 Å². The molecule has 0 heterocycles. The normalized spacial score (nSPS) is 16.0. The standard InChI is InChI=1S/C22H37O2P3/c1-3-5-7-8-9-10-14-17-21(23-25)18-15-11-12-16-20-22(24-27-26)19-13-6-4-2/h6-8,10-16,18,20-22,27H,3-5,9,17,19,25-26H2,1-2H3/b8-7-,12-11?,13-6-,14-10-,18-15?,20-16+. The van der Waals surface area contributed by atoms with Gasteiger partial charge in [-0.3, -0.25) is 0 Å². The summed E-state index contributed by atoms with van der Waals surface area (Å²) in [5, 5.41) is 0. The molecule has 0 aromatic heterocycles. The van der Waals surface area contributed by atoms with Crippen LogP contribution in [0.25, 0.3) is 0 Å². The average molecular weight is 426 g/mol. The molecule has 5 atom stereocenters. The highest BCUT2D eigenvalue weighted by atomic mass is 32.0. The van der Waals surface area contributed by atoms with E-state index in [1.165, 1.54) is 6.42 Å². The summed E-state index contributed by atoms with van der Waals surface area (Å²) < 4.78 is 11.1. The van der Waals surface area contributed by atoms with Crippen LogP contribution in [0.2, 0.25) is 0 Å². The molecule has 0 bridgehead atoms. The van der Waals surface area contributed by atoms with Gasteiger partial charge in [0.15, 0.2) is 0 Å². The Hall–Kier alpha value is -0.350. The zero-order valence-electron chi connectivity index (χ0n) is 16.8. The molecule has 0 N–H and O–H groups in total. The second kappa shape index (κ2) is 21.9. The highest BCUT2D eigenvalue weighted by Crippen LogP contribution is 2.25. The highest BCUT2D eigenvalue weighted by Gasteiger charge is 2.00. The number of hydrogen-bond donors (Lipinski definition) is 0. The fourth-order valence-corrected chi connectivity index (χ4v) is 3.20. The molecule has 0 aliphatic carbocycles. The van der Waals surface area contributed by atoms with Gasteiger partial charge in [-0.25, -0.2) is 0 Å². The Morgan fingerprint density at radius 2 is 1.44 bits per heavy atom. The third-order valence-corrected chi connectivity index (χ3v) is 4.78. The van der Waals surface area contributed by atoms with Crippen LogP contribution >= 0.6 is 26.9 Å². The van der Waals surface area contributed by atoms with Crippen LogP contribution in [-0.2, 0) is 9.05 Å². The van der Waals surface area contributed by atoms with Gasteiger partial charge in [-0.2, -0.15) is 0 Å². The Bertz CT molecular complexity index is 494. The van der Waals surface area contributed by atoms with Crippen LogP contribution in [0.3, 0.4) is 0 Å². The molecule has 27 heavy (non-hydrogen) atoms. The van der Waals surface area contributed by atoms with E-state index < -0.39 is 0 Å². The Labute approximate surface area is 173 Å². The molecule has 5 heteroatoms. The van der Waals surface area contributed by atoms with Gasteiger partial charge in [0.2, 0.25) is 0 Å². The SMILES string of the molecule is CC/C=C\CC(/C=C/C=CC=CC(C/C=C\C/C=C\CCC)OP)OPP. The van der Waals surface area contributed by atoms with Crippen LogP contribution in [0.15, 0.2) is 72.9 Å². The maximum atomic E-state index is 5.70. The Morgan fingerprint density at radius 1 is 0.815 bits per heavy atom. The molecule has 0 fully saturated rings. The van der Waals surface area contributed by atoms with Gasteiger partial charge in [0.05, 0.1) is 12.2 Å². The van der Waals surface area contributed by atoms with E-state index in [0.29, 0.717) is 8.50 Å². The van der Waals surface area contributed by atoms with Gasteiger partial charge >= 0.3 is 0 Å². The summed E-state index contributed by atoms with van der Waals surface area (Å²) >= 11 is 0. The topological polar surface area (TPSA) is 18.5 Å². The number of allylic oxidation sites excluding steroid dienone is 8. The first-order chi connectivity index (χ1) is 13.3. The van der Waals surface area contributed by atoms with Gasteiger partial charge in [-0.1, -0.05) is 102 Å². The fourth-order valence-electron chi connectivity index (χ4n) is 2.12. The van der Waals surface area contributed by atoms with Crippen LogP contribution in [-0.4, -0.2) is 12.2 Å². The van der Waals surface area contributed by atoms with Crippen molar-refractivity contribution in [3.8, 4) is 0 Å². The molecular weight excluding hydrogens is 389 g/mol. The quantitative estimate of drug-likeness (QED) is 0.143. The summed E-state index contributed by atoms with van der Waals surface area (Å²) in [6.07, 6.45) is 31.9. The van der Waals surface area contributed by atoms with E-state index in [1.807, 2.05) is 24.3 Å². The van der Waals surface area contributed by atoms with E-state index in [-0.39, 0.29) is 12.2 Å². The molecule has 152 valence electrons. The van der Waals surface area contributed by atoms with Gasteiger partial charge in [-0.05, 0) is 32.1 Å². The number of unbranched alkanes of at least 4 members (excludes halogenated alkanes) is 1. The number of rotatable bonds is 16. The van der Waals surface area contributed by atoms with Gasteiger partial charge in [-0.15, -0.1) is 0 Å². The van der Waals surface area contributed by atoms with Crippen molar-refractivity contribution in [2.24, 2.45) is 0 Å². The molecule has 0 aromatic carbocycles. The van der Waals surface area contributed by atoms with Crippen LogP contribution < -0.4 is 0 Å². The second-order valence-electron chi connectivity index (χ2n) is 5.92. The monoisotopic (exact) mass is 426 g/mol. The highest BCUT2D eigenvalue weighted by molar-refractivity contribution is 8.00. The molecule has 0 aromatic rings. The van der Waals surface area contributed by atoms with Crippen LogP contribution in [0, 0.1) is 0 Å². The van der Waals surface area contributed by atoms with Crippen molar-refractivity contribution in [3.63, 3.8) is 0 Å². The minimum absolute atomic E-state index is 0.0769. The van der Waals surface area contributed by atoms with Crippen LogP contribution in [0.5, 0.6) is 0 Å². The maximum absolute atomic E-state index is 5.70. The molecule has 0 aliphatic heterocycles. The molecule has 5 unspecified atom stereocenters. The van der Waals surface area contributed by atoms with Crippen molar-refractivity contribution in [1.82, 2.24) is 0 Å². The van der Waals surface area contributed by atoms with Crippen molar-refractivity contribution >= 4 is 26.9 Å². The van der Waals surface area contributed by atoms with E-state index in [1.54, 1.807) is 0 Å². The lowest BCUT2D eigenvalue weighted by atomic mass is 10.2. The lowest BCUT2D eigenvalue weighted by molar-refractivity contribution is 0.296. The third kappa shape index (κ3) is 18.8. The predicted octanol–water partition coefficient (Wildman–Crippen LogP) is 7.65. The second-order valence-corrected chi connectivity index (χ2v) is 7.37. The molecule has 2 nitrogen and oxygen atoms in total. The minimum Gasteiger partial charge on any atom is -0.358 e. The first kappa shape index (κ1) is 26.6. The first-order valence-electron chi connectivity index (χ1n) is 9.71. The van der Waals surface area contributed by atoms with E-state index >= 15 is 0 Å². The van der Waals surface area contributed by atoms with Gasteiger partial charge in [0, 0.05) is 18.0 Å². The fraction of sp³-hybridized carbons (Fsp3) is 0.455. The Kier molecular flexibility index (Phi) is 21.7. The molecule has 0 rings (SSSR count). The molecular formula is C22H37O2P3. The molecule has 0 spiro atoms.